The highest BCUT2D eigenvalue weighted by Gasteiger charge is 1.95. The van der Waals surface area contributed by atoms with Gasteiger partial charge < -0.3 is 10.4 Å². The number of aliphatic hydroxyl groups is 1. The van der Waals surface area contributed by atoms with Crippen LogP contribution >= 0.6 is 0 Å². The lowest BCUT2D eigenvalue weighted by Gasteiger charge is -1.93. The molecule has 0 saturated heterocycles. The Morgan fingerprint density at radius 2 is 2.33 bits per heavy atom. The number of carbonyl (C=O) groups is 2. The molecule has 0 aliphatic carbocycles. The van der Waals surface area contributed by atoms with E-state index in [1.165, 1.54) is 0 Å². The third-order valence-corrected chi connectivity index (χ3v) is 0.808. The van der Waals surface area contributed by atoms with Gasteiger partial charge >= 0.3 is 0 Å². The fourth-order valence-corrected chi connectivity index (χ4v) is 0.350. The molecule has 0 aliphatic heterocycles. The monoisotopic (exact) mass is 131 g/mol. The molecule has 9 heavy (non-hydrogen) atoms. The molecule has 0 aliphatic rings. The molecule has 0 aromatic carbocycles. The number of hydrogen-bond acceptors (Lipinski definition) is 3. The van der Waals surface area contributed by atoms with E-state index in [2.05, 4.69) is 5.32 Å². The molecule has 0 rings (SSSR count). The summed E-state index contributed by atoms with van der Waals surface area (Å²) in [5.74, 6) is -0.260. The van der Waals surface area contributed by atoms with Gasteiger partial charge in [0.05, 0.1) is 0 Å². The summed E-state index contributed by atoms with van der Waals surface area (Å²) in [6.45, 7) is -0.135. The first-order valence-corrected chi connectivity index (χ1v) is 2.61. The third-order valence-electron chi connectivity index (χ3n) is 0.808. The van der Waals surface area contributed by atoms with Crippen LogP contribution in [0.15, 0.2) is 0 Å². The van der Waals surface area contributed by atoms with Crippen molar-refractivity contribution in [2.75, 3.05) is 13.2 Å². The number of hydrogen-bond donors (Lipinski definition) is 2. The van der Waals surface area contributed by atoms with Crippen molar-refractivity contribution in [2.24, 2.45) is 0 Å². The first kappa shape index (κ1) is 8.10. The van der Waals surface area contributed by atoms with Crippen molar-refractivity contribution < 1.29 is 14.7 Å². The highest BCUT2D eigenvalue weighted by molar-refractivity contribution is 5.79. The Balaban J connectivity index is 3.06. The van der Waals surface area contributed by atoms with Gasteiger partial charge in [-0.05, 0) is 0 Å². The molecule has 52 valence electrons. The van der Waals surface area contributed by atoms with Gasteiger partial charge in [-0.3, -0.25) is 9.59 Å². The summed E-state index contributed by atoms with van der Waals surface area (Å²) >= 11 is 0. The largest absolute Gasteiger partial charge is 0.389 e. The standard InChI is InChI=1S/C5H9NO3/c7-3-5(9)1-2-6-4-8/h4,7H,1-3H2,(H,6,8). The van der Waals surface area contributed by atoms with Crippen LogP contribution in [0.1, 0.15) is 6.42 Å². The van der Waals surface area contributed by atoms with E-state index in [0.29, 0.717) is 13.0 Å². The lowest BCUT2D eigenvalue weighted by molar-refractivity contribution is -0.121. The van der Waals surface area contributed by atoms with Gasteiger partial charge in [0.25, 0.3) is 0 Å². The van der Waals surface area contributed by atoms with Crippen molar-refractivity contribution >= 4 is 12.2 Å². The number of nitrogens with one attached hydrogen (secondary N) is 1. The molecule has 0 aromatic heterocycles. The molecular weight excluding hydrogens is 122 g/mol. The average molecular weight is 131 g/mol. The quantitative estimate of drug-likeness (QED) is 0.359. The Labute approximate surface area is 52.9 Å². The van der Waals surface area contributed by atoms with Crippen LogP contribution < -0.4 is 5.32 Å². The first-order valence-electron chi connectivity index (χ1n) is 2.61. The van der Waals surface area contributed by atoms with E-state index in [9.17, 15) is 9.59 Å². The average Bonchev–Trinajstić information content (AvgIpc) is 1.89. The Morgan fingerprint density at radius 1 is 1.67 bits per heavy atom. The van der Waals surface area contributed by atoms with Crippen LogP contribution in [0, 0.1) is 0 Å². The van der Waals surface area contributed by atoms with Crippen LogP contribution in [0.4, 0.5) is 0 Å². The minimum atomic E-state index is -0.444. The summed E-state index contributed by atoms with van der Waals surface area (Å²) in [7, 11) is 0. The second kappa shape index (κ2) is 5.24. The van der Waals surface area contributed by atoms with E-state index in [1.54, 1.807) is 0 Å². The third kappa shape index (κ3) is 4.96. The molecule has 0 radical (unpaired) electrons. The molecule has 0 saturated carbocycles. The van der Waals surface area contributed by atoms with Gasteiger partial charge in [0.15, 0.2) is 5.78 Å². The molecular formula is C5H9NO3. The van der Waals surface area contributed by atoms with Gasteiger partial charge in [-0.1, -0.05) is 0 Å². The van der Waals surface area contributed by atoms with Gasteiger partial charge in [0.2, 0.25) is 6.41 Å². The van der Waals surface area contributed by atoms with Crippen LogP contribution in [0.5, 0.6) is 0 Å². The second-order valence-corrected chi connectivity index (χ2v) is 1.52. The SMILES string of the molecule is O=CNCCC(=O)CO. The maximum atomic E-state index is 10.3. The van der Waals surface area contributed by atoms with Crippen molar-refractivity contribution in [3.63, 3.8) is 0 Å². The Morgan fingerprint density at radius 3 is 2.78 bits per heavy atom. The normalized spacial score (nSPS) is 8.56. The zero-order valence-corrected chi connectivity index (χ0v) is 4.96. The molecule has 0 aromatic rings. The zero-order chi connectivity index (χ0) is 7.11. The van der Waals surface area contributed by atoms with Gasteiger partial charge in [0.1, 0.15) is 6.61 Å². The smallest absolute Gasteiger partial charge is 0.207 e. The second-order valence-electron chi connectivity index (χ2n) is 1.52. The number of Topliss-reactive ketones (excluding diaryl/α,β-unsaturated/α-hetero) is 1. The van der Waals surface area contributed by atoms with E-state index >= 15 is 0 Å². The van der Waals surface area contributed by atoms with Gasteiger partial charge in [-0.2, -0.15) is 0 Å². The summed E-state index contributed by atoms with van der Waals surface area (Å²) in [6.07, 6.45) is 0.722. The molecule has 0 atom stereocenters. The fraction of sp³-hybridized carbons (Fsp3) is 0.600. The van der Waals surface area contributed by atoms with Crippen LogP contribution in [0.25, 0.3) is 0 Å². The molecule has 4 nitrogen and oxygen atoms in total. The fourth-order valence-electron chi connectivity index (χ4n) is 0.350. The topological polar surface area (TPSA) is 66.4 Å². The predicted octanol–water partition coefficient (Wildman–Crippen LogP) is -1.32. The van der Waals surface area contributed by atoms with E-state index in [1.807, 2.05) is 0 Å². The van der Waals surface area contributed by atoms with Crippen molar-refractivity contribution in [3.8, 4) is 0 Å². The summed E-state index contributed by atoms with van der Waals surface area (Å²) in [5, 5.41) is 10.5. The highest BCUT2D eigenvalue weighted by atomic mass is 16.3. The van der Waals surface area contributed by atoms with Crippen molar-refractivity contribution in [1.82, 2.24) is 5.32 Å². The summed E-state index contributed by atoms with van der Waals surface area (Å²) in [4.78, 5) is 19.9. The highest BCUT2D eigenvalue weighted by Crippen LogP contribution is 1.76. The summed E-state index contributed by atoms with van der Waals surface area (Å²) < 4.78 is 0. The minimum absolute atomic E-state index is 0.204. The van der Waals surface area contributed by atoms with Crippen molar-refractivity contribution in [3.05, 3.63) is 0 Å². The maximum Gasteiger partial charge on any atom is 0.207 e. The number of rotatable bonds is 5. The van der Waals surface area contributed by atoms with Crippen LogP contribution in [0.3, 0.4) is 0 Å². The lowest BCUT2D eigenvalue weighted by Crippen LogP contribution is -2.17. The molecule has 0 bridgehead atoms. The summed E-state index contributed by atoms with van der Waals surface area (Å²) in [6, 6.07) is 0. The molecule has 0 fully saturated rings. The number of carbonyl (C=O) groups excluding carboxylic acids is 2. The van der Waals surface area contributed by atoms with E-state index in [0.717, 1.165) is 0 Å². The van der Waals surface area contributed by atoms with Crippen molar-refractivity contribution in [1.29, 1.82) is 0 Å². The minimum Gasteiger partial charge on any atom is -0.389 e. The van der Waals surface area contributed by atoms with E-state index in [-0.39, 0.29) is 12.2 Å². The predicted molar refractivity (Wildman–Crippen MR) is 30.8 cm³/mol. The van der Waals surface area contributed by atoms with E-state index in [4.69, 9.17) is 5.11 Å². The Hall–Kier alpha value is -0.900. The van der Waals surface area contributed by atoms with Crippen molar-refractivity contribution in [2.45, 2.75) is 6.42 Å². The number of amides is 1. The van der Waals surface area contributed by atoms with Crippen LogP contribution in [-0.4, -0.2) is 30.5 Å². The number of aliphatic hydroxyl groups excluding tert-OH is 1. The molecule has 0 spiro atoms. The van der Waals surface area contributed by atoms with Crippen LogP contribution in [0.2, 0.25) is 0 Å². The van der Waals surface area contributed by atoms with Gasteiger partial charge in [0, 0.05) is 13.0 Å². The Kier molecular flexibility index (Phi) is 4.72. The van der Waals surface area contributed by atoms with Gasteiger partial charge in [-0.25, -0.2) is 0 Å². The lowest BCUT2D eigenvalue weighted by atomic mass is 10.3. The zero-order valence-electron chi connectivity index (χ0n) is 4.96. The maximum absolute atomic E-state index is 10.3. The Bertz CT molecular complexity index is 102. The van der Waals surface area contributed by atoms with Gasteiger partial charge in [-0.15, -0.1) is 0 Å². The van der Waals surface area contributed by atoms with Crippen LogP contribution in [-0.2, 0) is 9.59 Å². The molecule has 0 unspecified atom stereocenters. The first-order chi connectivity index (χ1) is 4.31. The van der Waals surface area contributed by atoms with E-state index < -0.39 is 6.61 Å². The molecule has 4 heteroatoms. The molecule has 1 amide bonds. The molecule has 0 heterocycles. The summed E-state index contributed by atoms with van der Waals surface area (Å²) in [5.41, 5.74) is 0. The number of ketones is 1. The molecule has 2 N–H and O–H groups in total.